The average Bonchev–Trinajstić information content (AvgIpc) is 2.92. The molecule has 0 saturated heterocycles. The van der Waals surface area contributed by atoms with Gasteiger partial charge in [0.25, 0.3) is 0 Å². The van der Waals surface area contributed by atoms with Crippen molar-refractivity contribution < 1.29 is 9.90 Å². The van der Waals surface area contributed by atoms with Gasteiger partial charge in [-0.2, -0.15) is 0 Å². The van der Waals surface area contributed by atoms with Crippen molar-refractivity contribution in [2.45, 2.75) is 18.9 Å². The molecule has 2 aromatic heterocycles. The molecular formula is C16H14N2O2S2. The van der Waals surface area contributed by atoms with E-state index in [0.717, 1.165) is 26.4 Å². The third kappa shape index (κ3) is 2.84. The first-order valence-electron chi connectivity index (χ1n) is 6.70. The van der Waals surface area contributed by atoms with Crippen molar-refractivity contribution >= 4 is 39.3 Å². The molecule has 1 aromatic carbocycles. The zero-order valence-corrected chi connectivity index (χ0v) is 13.8. The minimum Gasteiger partial charge on any atom is -0.481 e. The van der Waals surface area contributed by atoms with Gasteiger partial charge in [0, 0.05) is 10.9 Å². The fourth-order valence-corrected chi connectivity index (χ4v) is 3.92. The molecule has 0 aliphatic carbocycles. The van der Waals surface area contributed by atoms with Crippen LogP contribution in [0.15, 0.2) is 34.9 Å². The van der Waals surface area contributed by atoms with Crippen LogP contribution in [0.3, 0.4) is 0 Å². The highest BCUT2D eigenvalue weighted by atomic mass is 32.2. The van der Waals surface area contributed by atoms with Crippen LogP contribution in [0.5, 0.6) is 0 Å². The molecule has 112 valence electrons. The first-order chi connectivity index (χ1) is 10.6. The van der Waals surface area contributed by atoms with E-state index in [-0.39, 0.29) is 5.75 Å². The summed E-state index contributed by atoms with van der Waals surface area (Å²) >= 11 is 2.79. The lowest BCUT2D eigenvalue weighted by Gasteiger charge is -2.06. The van der Waals surface area contributed by atoms with Crippen LogP contribution in [0, 0.1) is 13.8 Å². The molecule has 0 saturated carbocycles. The molecule has 22 heavy (non-hydrogen) atoms. The van der Waals surface area contributed by atoms with E-state index in [9.17, 15) is 4.79 Å². The number of thiophene rings is 1. The Bertz CT molecular complexity index is 858. The third-order valence-corrected chi connectivity index (χ3v) is 5.35. The van der Waals surface area contributed by atoms with E-state index in [1.165, 1.54) is 29.2 Å². The number of nitrogens with zero attached hydrogens (tertiary/aromatic N) is 2. The lowest BCUT2D eigenvalue weighted by atomic mass is 10.0. The van der Waals surface area contributed by atoms with Gasteiger partial charge in [-0.1, -0.05) is 30.0 Å². The smallest absolute Gasteiger partial charge is 0.313 e. The van der Waals surface area contributed by atoms with Crippen molar-refractivity contribution in [3.05, 3.63) is 41.0 Å². The van der Waals surface area contributed by atoms with Crippen molar-refractivity contribution in [2.24, 2.45) is 0 Å². The number of benzene rings is 1. The highest BCUT2D eigenvalue weighted by Gasteiger charge is 2.14. The molecule has 4 nitrogen and oxygen atoms in total. The normalized spacial score (nSPS) is 11.0. The molecule has 2 heterocycles. The van der Waals surface area contributed by atoms with Crippen molar-refractivity contribution in [2.75, 3.05) is 5.75 Å². The fraction of sp³-hybridized carbons (Fsp3) is 0.188. The number of hydrogen-bond donors (Lipinski definition) is 1. The molecule has 0 bridgehead atoms. The maximum Gasteiger partial charge on any atom is 0.313 e. The SMILES string of the molecule is Cc1ccc(-c2csc3ncnc(SCC(=O)O)c23)cc1C. The van der Waals surface area contributed by atoms with Gasteiger partial charge in [-0.3, -0.25) is 4.79 Å². The number of aliphatic carboxylic acids is 1. The maximum atomic E-state index is 10.8. The van der Waals surface area contributed by atoms with E-state index in [1.54, 1.807) is 11.3 Å². The van der Waals surface area contributed by atoms with Gasteiger partial charge < -0.3 is 5.11 Å². The molecule has 0 amide bonds. The minimum atomic E-state index is -0.847. The van der Waals surface area contributed by atoms with Gasteiger partial charge in [0.2, 0.25) is 0 Å². The number of hydrogen-bond acceptors (Lipinski definition) is 5. The first-order valence-corrected chi connectivity index (χ1v) is 8.57. The first kappa shape index (κ1) is 15.0. The Morgan fingerprint density at radius 2 is 2.09 bits per heavy atom. The van der Waals surface area contributed by atoms with Gasteiger partial charge in [-0.25, -0.2) is 9.97 Å². The Morgan fingerprint density at radius 3 is 2.82 bits per heavy atom. The van der Waals surface area contributed by atoms with E-state index in [0.29, 0.717) is 0 Å². The predicted octanol–water partition coefficient (Wildman–Crippen LogP) is 4.15. The Hall–Kier alpha value is -1.92. The summed E-state index contributed by atoms with van der Waals surface area (Å²) < 4.78 is 0. The number of carboxylic acid groups (broad SMARTS) is 1. The zero-order chi connectivity index (χ0) is 15.7. The molecule has 3 aromatic rings. The molecule has 0 aliphatic rings. The standard InChI is InChI=1S/C16H14N2O2S2/c1-9-3-4-11(5-10(9)2)12-6-21-15-14(12)16(18-8-17-15)22-7-13(19)20/h3-6,8H,7H2,1-2H3,(H,19,20). The molecule has 1 N–H and O–H groups in total. The van der Waals surface area contributed by atoms with Crippen molar-refractivity contribution in [3.63, 3.8) is 0 Å². The monoisotopic (exact) mass is 330 g/mol. The number of carboxylic acids is 1. The molecule has 0 aliphatic heterocycles. The van der Waals surface area contributed by atoms with E-state index in [1.807, 2.05) is 0 Å². The van der Waals surface area contributed by atoms with Gasteiger partial charge >= 0.3 is 5.97 Å². The fourth-order valence-electron chi connectivity index (χ4n) is 2.21. The van der Waals surface area contributed by atoms with Crippen LogP contribution >= 0.6 is 23.1 Å². The largest absolute Gasteiger partial charge is 0.481 e. The van der Waals surface area contributed by atoms with Gasteiger partial charge in [-0.15, -0.1) is 11.3 Å². The second kappa shape index (κ2) is 6.06. The Morgan fingerprint density at radius 1 is 1.27 bits per heavy atom. The Labute approximate surface area is 136 Å². The van der Waals surface area contributed by atoms with E-state index < -0.39 is 5.97 Å². The van der Waals surface area contributed by atoms with Crippen molar-refractivity contribution in [3.8, 4) is 11.1 Å². The zero-order valence-electron chi connectivity index (χ0n) is 12.2. The van der Waals surface area contributed by atoms with Crippen molar-refractivity contribution in [1.82, 2.24) is 9.97 Å². The van der Waals surface area contributed by atoms with Crippen LogP contribution < -0.4 is 0 Å². The molecule has 3 rings (SSSR count). The third-order valence-electron chi connectivity index (χ3n) is 3.49. The van der Waals surface area contributed by atoms with Gasteiger partial charge in [0.05, 0.1) is 11.1 Å². The summed E-state index contributed by atoms with van der Waals surface area (Å²) in [6, 6.07) is 6.33. The van der Waals surface area contributed by atoms with Gasteiger partial charge in [0.15, 0.2) is 0 Å². The van der Waals surface area contributed by atoms with Crippen LogP contribution in [-0.4, -0.2) is 26.8 Å². The summed E-state index contributed by atoms with van der Waals surface area (Å²) in [6.45, 7) is 4.17. The molecule has 0 fully saturated rings. The second-order valence-corrected chi connectivity index (χ2v) is 6.81. The summed E-state index contributed by atoms with van der Waals surface area (Å²) in [7, 11) is 0. The number of fused-ring (bicyclic) bond motifs is 1. The number of rotatable bonds is 4. The molecule has 0 spiro atoms. The topological polar surface area (TPSA) is 63.1 Å². The number of thioether (sulfide) groups is 1. The van der Waals surface area contributed by atoms with E-state index in [2.05, 4.69) is 47.4 Å². The van der Waals surface area contributed by atoms with Crippen LogP contribution in [0.2, 0.25) is 0 Å². The van der Waals surface area contributed by atoms with Gasteiger partial charge in [0.1, 0.15) is 16.2 Å². The van der Waals surface area contributed by atoms with Crippen molar-refractivity contribution in [1.29, 1.82) is 0 Å². The van der Waals surface area contributed by atoms with E-state index in [4.69, 9.17) is 5.11 Å². The molecule has 6 heteroatoms. The molecular weight excluding hydrogens is 316 g/mol. The summed E-state index contributed by atoms with van der Waals surface area (Å²) in [5.41, 5.74) is 4.66. The number of carbonyl (C=O) groups is 1. The molecule has 0 radical (unpaired) electrons. The van der Waals surface area contributed by atoms with Crippen LogP contribution in [0.4, 0.5) is 0 Å². The second-order valence-electron chi connectivity index (χ2n) is 4.99. The highest BCUT2D eigenvalue weighted by Crippen LogP contribution is 2.38. The highest BCUT2D eigenvalue weighted by molar-refractivity contribution is 8.00. The summed E-state index contributed by atoms with van der Waals surface area (Å²) in [6.07, 6.45) is 1.49. The quantitative estimate of drug-likeness (QED) is 0.575. The molecule has 0 unspecified atom stereocenters. The predicted molar refractivity (Wildman–Crippen MR) is 90.7 cm³/mol. The lowest BCUT2D eigenvalue weighted by Crippen LogP contribution is -1.98. The maximum absolute atomic E-state index is 10.8. The summed E-state index contributed by atoms with van der Waals surface area (Å²) in [5.74, 6) is -0.853. The number of aromatic nitrogens is 2. The lowest BCUT2D eigenvalue weighted by molar-refractivity contribution is -0.133. The minimum absolute atomic E-state index is 0.00563. The van der Waals surface area contributed by atoms with Crippen LogP contribution in [0.1, 0.15) is 11.1 Å². The van der Waals surface area contributed by atoms with Crippen LogP contribution in [-0.2, 0) is 4.79 Å². The molecule has 0 atom stereocenters. The van der Waals surface area contributed by atoms with E-state index >= 15 is 0 Å². The Kier molecular flexibility index (Phi) is 4.13. The average molecular weight is 330 g/mol. The summed E-state index contributed by atoms with van der Waals surface area (Å²) in [5, 5.41) is 12.6. The Balaban J connectivity index is 2.13. The number of aryl methyl sites for hydroxylation is 2. The van der Waals surface area contributed by atoms with Gasteiger partial charge in [-0.05, 0) is 30.5 Å². The van der Waals surface area contributed by atoms with Crippen LogP contribution in [0.25, 0.3) is 21.3 Å². The summed E-state index contributed by atoms with van der Waals surface area (Å²) in [4.78, 5) is 20.3.